The SMILES string of the molecule is CC1=C(/C=C/C(C)=C/C=C/C(C)=C/C=C/CC(C)/C=C/CC(C)/C=C/C2=C(C)C(=O)C(O)CC2(C)C)C(C)(C)CC(O)C1=O. The Kier molecular flexibility index (Phi) is 13.7. The van der Waals surface area contributed by atoms with E-state index in [-0.39, 0.29) is 22.4 Å². The van der Waals surface area contributed by atoms with Gasteiger partial charge in [0.1, 0.15) is 12.2 Å². The van der Waals surface area contributed by atoms with Crippen LogP contribution in [0.3, 0.4) is 0 Å². The van der Waals surface area contributed by atoms with Crippen molar-refractivity contribution in [3.05, 3.63) is 106 Å². The molecule has 2 N–H and O–H groups in total. The Morgan fingerprint density at radius 3 is 1.75 bits per heavy atom. The molecule has 0 fully saturated rings. The van der Waals surface area contributed by atoms with Crippen molar-refractivity contribution in [2.24, 2.45) is 22.7 Å². The fraction of sp³-hybridized carbons (Fsp3) is 0.500. The number of carbonyl (C=O) groups excluding carboxylic acids is 2. The van der Waals surface area contributed by atoms with Gasteiger partial charge in [0.25, 0.3) is 0 Å². The summed E-state index contributed by atoms with van der Waals surface area (Å²) in [5, 5.41) is 20.1. The van der Waals surface area contributed by atoms with Crippen molar-refractivity contribution in [3.63, 3.8) is 0 Å². The molecule has 0 aromatic carbocycles. The van der Waals surface area contributed by atoms with Gasteiger partial charge in [-0.15, -0.1) is 0 Å². The summed E-state index contributed by atoms with van der Waals surface area (Å²) < 4.78 is 0. The van der Waals surface area contributed by atoms with Crippen molar-refractivity contribution in [2.75, 3.05) is 0 Å². The second-order valence-corrected chi connectivity index (χ2v) is 14.2. The number of hydrogen-bond donors (Lipinski definition) is 2. The van der Waals surface area contributed by atoms with Gasteiger partial charge in [-0.1, -0.05) is 126 Å². The minimum absolute atomic E-state index is 0.148. The fourth-order valence-corrected chi connectivity index (χ4v) is 5.99. The number of allylic oxidation sites excluding steroid dienone is 16. The minimum atomic E-state index is -0.901. The first-order chi connectivity index (χ1) is 20.5. The third kappa shape index (κ3) is 10.8. The molecule has 0 aromatic rings. The second-order valence-electron chi connectivity index (χ2n) is 14.2. The predicted octanol–water partition coefficient (Wildman–Crippen LogP) is 9.07. The third-order valence-corrected chi connectivity index (χ3v) is 8.82. The van der Waals surface area contributed by atoms with Gasteiger partial charge >= 0.3 is 0 Å². The lowest BCUT2D eigenvalue weighted by atomic mass is 9.71. The summed E-state index contributed by atoms with van der Waals surface area (Å²) in [7, 11) is 0. The molecule has 0 radical (unpaired) electrons. The molecule has 2 rings (SSSR count). The van der Waals surface area contributed by atoms with E-state index < -0.39 is 12.2 Å². The zero-order valence-corrected chi connectivity index (χ0v) is 28.8. The molecule has 0 aromatic heterocycles. The molecule has 2 aliphatic rings. The maximum Gasteiger partial charge on any atom is 0.187 e. The monoisotopic (exact) mass is 600 g/mol. The zero-order valence-electron chi connectivity index (χ0n) is 28.8. The van der Waals surface area contributed by atoms with Crippen molar-refractivity contribution in [3.8, 4) is 0 Å². The molecule has 2 aliphatic carbocycles. The number of Topliss-reactive ketones (excluding diaryl/α,β-unsaturated/α-hetero) is 2. The first kappa shape index (κ1) is 37.1. The van der Waals surface area contributed by atoms with E-state index in [2.05, 4.69) is 103 Å². The van der Waals surface area contributed by atoms with Crippen LogP contribution in [0.15, 0.2) is 106 Å². The maximum atomic E-state index is 12.3. The standard InChI is InChI=1S/C40H56O4/c1-27(17-13-19-29(3)21-23-33-31(5)37(43)35(41)25-39(33,7)8)15-11-12-16-28(2)18-14-20-30(4)22-24-34-32(6)38(44)36(42)26-40(34,9)10/h11-15,17-19,21-24,28,30,35-36,41-42H,16,20,25-26H2,1-10H3/b12-11+,17-13+,18-14+,23-21+,24-22+,27-15+,29-19+. The quantitative estimate of drug-likeness (QED) is 0.173. The zero-order chi connectivity index (χ0) is 33.2. The summed E-state index contributed by atoms with van der Waals surface area (Å²) in [6, 6.07) is 0. The molecule has 0 amide bonds. The molecule has 4 unspecified atom stereocenters. The lowest BCUT2D eigenvalue weighted by Crippen LogP contribution is -2.35. The van der Waals surface area contributed by atoms with E-state index in [9.17, 15) is 19.8 Å². The Balaban J connectivity index is 1.84. The molecule has 44 heavy (non-hydrogen) atoms. The molecule has 4 nitrogen and oxygen atoms in total. The van der Waals surface area contributed by atoms with Crippen LogP contribution in [-0.2, 0) is 9.59 Å². The Morgan fingerprint density at radius 1 is 0.727 bits per heavy atom. The number of aliphatic hydroxyl groups excluding tert-OH is 2. The van der Waals surface area contributed by atoms with Crippen LogP contribution in [0.1, 0.15) is 94.9 Å². The van der Waals surface area contributed by atoms with Crippen molar-refractivity contribution < 1.29 is 19.8 Å². The summed E-state index contributed by atoms with van der Waals surface area (Å²) in [4.78, 5) is 24.5. The largest absolute Gasteiger partial charge is 0.385 e. The summed E-state index contributed by atoms with van der Waals surface area (Å²) in [6.07, 6.45) is 26.5. The van der Waals surface area contributed by atoms with Gasteiger partial charge in [-0.3, -0.25) is 9.59 Å². The van der Waals surface area contributed by atoms with Gasteiger partial charge in [-0.25, -0.2) is 0 Å². The molecule has 0 bridgehead atoms. The highest BCUT2D eigenvalue weighted by molar-refractivity contribution is 6.01. The normalized spacial score (nSPS) is 25.2. The molecular formula is C40H56O4. The predicted molar refractivity (Wildman–Crippen MR) is 185 cm³/mol. The highest BCUT2D eigenvalue weighted by Crippen LogP contribution is 2.40. The van der Waals surface area contributed by atoms with Gasteiger partial charge in [0, 0.05) is 0 Å². The van der Waals surface area contributed by atoms with Gasteiger partial charge in [-0.05, 0) is 98.3 Å². The first-order valence-corrected chi connectivity index (χ1v) is 16.0. The number of carbonyl (C=O) groups is 2. The van der Waals surface area contributed by atoms with Crippen LogP contribution < -0.4 is 0 Å². The number of rotatable bonds is 12. The topological polar surface area (TPSA) is 74.6 Å². The Hall–Kier alpha value is -3.08. The lowest BCUT2D eigenvalue weighted by molar-refractivity contribution is -0.126. The average molecular weight is 601 g/mol. The first-order valence-electron chi connectivity index (χ1n) is 16.0. The van der Waals surface area contributed by atoms with E-state index in [1.165, 1.54) is 0 Å². The smallest absolute Gasteiger partial charge is 0.187 e. The van der Waals surface area contributed by atoms with E-state index in [1.807, 2.05) is 32.1 Å². The molecular weight excluding hydrogens is 544 g/mol. The van der Waals surface area contributed by atoms with Gasteiger partial charge in [0.05, 0.1) is 0 Å². The van der Waals surface area contributed by atoms with Crippen LogP contribution >= 0.6 is 0 Å². The molecule has 240 valence electrons. The molecule has 0 spiro atoms. The Morgan fingerprint density at radius 2 is 1.18 bits per heavy atom. The fourth-order valence-electron chi connectivity index (χ4n) is 5.99. The van der Waals surface area contributed by atoms with Crippen molar-refractivity contribution in [1.29, 1.82) is 0 Å². The third-order valence-electron chi connectivity index (χ3n) is 8.82. The second kappa shape index (κ2) is 16.3. The van der Waals surface area contributed by atoms with Gasteiger partial charge in [-0.2, -0.15) is 0 Å². The highest BCUT2D eigenvalue weighted by atomic mass is 16.3. The summed E-state index contributed by atoms with van der Waals surface area (Å²) in [6.45, 7) is 20.5. The van der Waals surface area contributed by atoms with Crippen molar-refractivity contribution in [1.82, 2.24) is 0 Å². The molecule has 0 heterocycles. The van der Waals surface area contributed by atoms with E-state index in [1.54, 1.807) is 6.92 Å². The summed E-state index contributed by atoms with van der Waals surface area (Å²) in [5.74, 6) is 0.483. The molecule has 0 aliphatic heterocycles. The van der Waals surface area contributed by atoms with Gasteiger partial charge in [0.2, 0.25) is 0 Å². The van der Waals surface area contributed by atoms with E-state index in [4.69, 9.17) is 0 Å². The Bertz CT molecular complexity index is 1330. The summed E-state index contributed by atoms with van der Waals surface area (Å²) in [5.41, 5.74) is 5.17. The lowest BCUT2D eigenvalue weighted by Gasteiger charge is -2.34. The highest BCUT2D eigenvalue weighted by Gasteiger charge is 2.37. The summed E-state index contributed by atoms with van der Waals surface area (Å²) >= 11 is 0. The van der Waals surface area contributed by atoms with Crippen LogP contribution in [0.2, 0.25) is 0 Å². The minimum Gasteiger partial charge on any atom is -0.385 e. The van der Waals surface area contributed by atoms with E-state index in [0.717, 1.165) is 35.1 Å². The van der Waals surface area contributed by atoms with Crippen LogP contribution in [-0.4, -0.2) is 34.0 Å². The van der Waals surface area contributed by atoms with Crippen LogP contribution in [0.25, 0.3) is 0 Å². The van der Waals surface area contributed by atoms with Crippen molar-refractivity contribution in [2.45, 2.75) is 107 Å². The van der Waals surface area contributed by atoms with Crippen LogP contribution in [0, 0.1) is 22.7 Å². The van der Waals surface area contributed by atoms with E-state index >= 15 is 0 Å². The Labute approximate surface area is 267 Å². The van der Waals surface area contributed by atoms with Gasteiger partial charge < -0.3 is 10.2 Å². The number of ketones is 2. The molecule has 0 saturated heterocycles. The number of aliphatic hydroxyl groups is 2. The average Bonchev–Trinajstić information content (AvgIpc) is 2.92. The van der Waals surface area contributed by atoms with Gasteiger partial charge in [0.15, 0.2) is 11.6 Å². The van der Waals surface area contributed by atoms with E-state index in [0.29, 0.717) is 35.8 Å². The van der Waals surface area contributed by atoms with Crippen LogP contribution in [0.5, 0.6) is 0 Å². The maximum absolute atomic E-state index is 12.3. The van der Waals surface area contributed by atoms with Crippen molar-refractivity contribution >= 4 is 11.6 Å². The van der Waals surface area contributed by atoms with Crippen LogP contribution in [0.4, 0.5) is 0 Å². The molecule has 4 heteroatoms. The number of hydrogen-bond acceptors (Lipinski definition) is 4. The molecule has 4 atom stereocenters. The molecule has 0 saturated carbocycles.